The summed E-state index contributed by atoms with van der Waals surface area (Å²) in [6.07, 6.45) is 2.66. The maximum Gasteiger partial charge on any atom is 0.411 e. The molecule has 30 heavy (non-hydrogen) atoms. The first-order chi connectivity index (χ1) is 14.6. The number of ketones is 1. The number of benzene rings is 2. The number of aromatic amines is 1. The van der Waals surface area contributed by atoms with Crippen LogP contribution in [0, 0.1) is 11.7 Å². The number of carbonyl (C=O) groups is 2. The molecular weight excluding hydrogens is 387 g/mol. The van der Waals surface area contributed by atoms with Crippen molar-refractivity contribution in [1.82, 2.24) is 15.1 Å². The maximum atomic E-state index is 13.0. The highest BCUT2D eigenvalue weighted by Crippen LogP contribution is 2.22. The van der Waals surface area contributed by atoms with E-state index in [1.807, 2.05) is 12.1 Å². The third kappa shape index (κ3) is 4.65. The Labute approximate surface area is 173 Å². The number of H-pyrrole nitrogens is 1. The lowest BCUT2D eigenvalue weighted by Gasteiger charge is -2.31. The number of anilines is 1. The Morgan fingerprint density at radius 2 is 1.93 bits per heavy atom. The van der Waals surface area contributed by atoms with Gasteiger partial charge in [-0.25, -0.2) is 9.18 Å². The van der Waals surface area contributed by atoms with E-state index in [0.717, 1.165) is 36.8 Å². The monoisotopic (exact) mass is 410 g/mol. The number of rotatable bonds is 6. The summed E-state index contributed by atoms with van der Waals surface area (Å²) in [6, 6.07) is 11.2. The zero-order valence-electron chi connectivity index (χ0n) is 16.4. The Morgan fingerprint density at radius 1 is 1.17 bits per heavy atom. The smallest absolute Gasteiger partial charge is 0.411 e. The Morgan fingerprint density at radius 3 is 2.70 bits per heavy atom. The van der Waals surface area contributed by atoms with Crippen LogP contribution in [0.15, 0.2) is 48.7 Å². The van der Waals surface area contributed by atoms with E-state index in [9.17, 15) is 14.0 Å². The van der Waals surface area contributed by atoms with Crippen LogP contribution in [-0.4, -0.2) is 53.2 Å². The lowest BCUT2D eigenvalue weighted by molar-refractivity contribution is 0.0813. The molecule has 156 valence electrons. The molecule has 2 heterocycles. The summed E-state index contributed by atoms with van der Waals surface area (Å²) in [5, 5.41) is 10.5. The number of nitrogens with one attached hydrogen (secondary N) is 2. The van der Waals surface area contributed by atoms with Crippen molar-refractivity contribution in [2.75, 3.05) is 31.6 Å². The largest absolute Gasteiger partial charge is 0.448 e. The van der Waals surface area contributed by atoms with Crippen LogP contribution < -0.4 is 5.32 Å². The van der Waals surface area contributed by atoms with Gasteiger partial charge in [0.05, 0.1) is 17.4 Å². The van der Waals surface area contributed by atoms with Gasteiger partial charge in [-0.1, -0.05) is 12.1 Å². The van der Waals surface area contributed by atoms with Crippen molar-refractivity contribution in [2.45, 2.75) is 12.8 Å². The Bertz CT molecular complexity index is 1030. The first kappa shape index (κ1) is 20.0. The van der Waals surface area contributed by atoms with Crippen molar-refractivity contribution < 1.29 is 18.7 Å². The summed E-state index contributed by atoms with van der Waals surface area (Å²) < 4.78 is 18.3. The number of ether oxygens (including phenoxy) is 1. The van der Waals surface area contributed by atoms with Gasteiger partial charge in [0, 0.05) is 23.4 Å². The number of likely N-dealkylation sites (tertiary alicyclic amines) is 1. The van der Waals surface area contributed by atoms with Gasteiger partial charge < -0.3 is 4.74 Å². The van der Waals surface area contributed by atoms with E-state index in [-0.39, 0.29) is 24.1 Å². The average Bonchev–Trinajstić information content (AvgIpc) is 3.24. The lowest BCUT2D eigenvalue weighted by atomic mass is 9.89. The molecule has 1 amide bonds. The zero-order valence-corrected chi connectivity index (χ0v) is 16.4. The van der Waals surface area contributed by atoms with Crippen LogP contribution >= 0.6 is 0 Å². The standard InChI is InChI=1S/C22H23FN4O3/c23-18-6-4-15(5-7-18)21(28)16-8-10-27(11-9-16)12-13-30-22(29)25-19-3-1-2-17-14-24-26-20(17)19/h1-7,14,16H,8-13H2,(H,24,26)(H,25,29). The fourth-order valence-electron chi connectivity index (χ4n) is 3.76. The molecule has 8 heteroatoms. The van der Waals surface area contributed by atoms with Gasteiger partial charge in [-0.05, 0) is 56.3 Å². The topological polar surface area (TPSA) is 87.3 Å². The molecule has 4 rings (SSSR count). The predicted octanol–water partition coefficient (Wildman–Crippen LogP) is 3.85. The Balaban J connectivity index is 1.19. The first-order valence-electron chi connectivity index (χ1n) is 9.98. The number of carbonyl (C=O) groups excluding carboxylic acids is 2. The molecule has 2 aromatic carbocycles. The van der Waals surface area contributed by atoms with Gasteiger partial charge >= 0.3 is 6.09 Å². The molecule has 1 aliphatic heterocycles. The number of para-hydroxylation sites is 1. The average molecular weight is 410 g/mol. The minimum absolute atomic E-state index is 0.0502. The van der Waals surface area contributed by atoms with Crippen LogP contribution in [0.4, 0.5) is 14.9 Å². The van der Waals surface area contributed by atoms with Crippen molar-refractivity contribution in [2.24, 2.45) is 5.92 Å². The van der Waals surface area contributed by atoms with E-state index in [1.54, 1.807) is 24.4 Å². The number of nitrogens with zero attached hydrogens (tertiary/aromatic N) is 2. The highest BCUT2D eigenvalue weighted by Gasteiger charge is 2.25. The molecule has 0 saturated carbocycles. The lowest BCUT2D eigenvalue weighted by Crippen LogP contribution is -2.38. The van der Waals surface area contributed by atoms with E-state index in [4.69, 9.17) is 4.74 Å². The highest BCUT2D eigenvalue weighted by atomic mass is 19.1. The van der Waals surface area contributed by atoms with Gasteiger partial charge in [0.2, 0.25) is 0 Å². The molecule has 0 bridgehead atoms. The maximum absolute atomic E-state index is 13.0. The Kier molecular flexibility index (Phi) is 6.04. The minimum atomic E-state index is -0.515. The number of halogens is 1. The van der Waals surface area contributed by atoms with Gasteiger partial charge in [0.15, 0.2) is 5.78 Å². The number of aromatic nitrogens is 2. The molecule has 0 atom stereocenters. The molecule has 0 spiro atoms. The van der Waals surface area contributed by atoms with Gasteiger partial charge in [0.1, 0.15) is 12.4 Å². The van der Waals surface area contributed by atoms with Crippen molar-refractivity contribution in [1.29, 1.82) is 0 Å². The van der Waals surface area contributed by atoms with Crippen LogP contribution in [-0.2, 0) is 4.74 Å². The molecule has 0 unspecified atom stereocenters. The first-order valence-corrected chi connectivity index (χ1v) is 9.98. The predicted molar refractivity (Wildman–Crippen MR) is 111 cm³/mol. The summed E-state index contributed by atoms with van der Waals surface area (Å²) >= 11 is 0. The van der Waals surface area contributed by atoms with Crippen molar-refractivity contribution in [3.63, 3.8) is 0 Å². The van der Waals surface area contributed by atoms with Gasteiger partial charge in [-0.15, -0.1) is 0 Å². The molecule has 1 aromatic heterocycles. The fourth-order valence-corrected chi connectivity index (χ4v) is 3.76. The normalized spacial score (nSPS) is 15.2. The second-order valence-corrected chi connectivity index (χ2v) is 7.39. The quantitative estimate of drug-likeness (QED) is 0.603. The molecule has 1 saturated heterocycles. The van der Waals surface area contributed by atoms with Crippen LogP contribution in [0.1, 0.15) is 23.2 Å². The number of piperidine rings is 1. The van der Waals surface area contributed by atoms with Gasteiger partial charge in [0.25, 0.3) is 0 Å². The van der Waals surface area contributed by atoms with E-state index in [0.29, 0.717) is 17.8 Å². The molecule has 2 N–H and O–H groups in total. The van der Waals surface area contributed by atoms with Gasteiger partial charge in [-0.3, -0.25) is 20.1 Å². The number of Topliss-reactive ketones (excluding diaryl/α,β-unsaturated/α-hetero) is 1. The molecule has 0 radical (unpaired) electrons. The molecule has 0 aliphatic carbocycles. The van der Waals surface area contributed by atoms with Crippen molar-refractivity contribution in [3.8, 4) is 0 Å². The van der Waals surface area contributed by atoms with Crippen LogP contribution in [0.2, 0.25) is 0 Å². The Hall–Kier alpha value is -3.26. The summed E-state index contributed by atoms with van der Waals surface area (Å²) in [5.41, 5.74) is 1.93. The van der Waals surface area contributed by atoms with Crippen LogP contribution in [0.25, 0.3) is 10.9 Å². The number of hydrogen-bond acceptors (Lipinski definition) is 5. The summed E-state index contributed by atoms with van der Waals surface area (Å²) in [7, 11) is 0. The number of hydrogen-bond donors (Lipinski definition) is 2. The van der Waals surface area contributed by atoms with Crippen molar-refractivity contribution in [3.05, 3.63) is 60.0 Å². The van der Waals surface area contributed by atoms with E-state index in [1.165, 1.54) is 12.1 Å². The van der Waals surface area contributed by atoms with E-state index >= 15 is 0 Å². The fraction of sp³-hybridized carbons (Fsp3) is 0.318. The molecule has 1 fully saturated rings. The second-order valence-electron chi connectivity index (χ2n) is 7.39. The second kappa shape index (κ2) is 9.04. The van der Waals surface area contributed by atoms with Gasteiger partial charge in [-0.2, -0.15) is 5.10 Å². The summed E-state index contributed by atoms with van der Waals surface area (Å²) in [5.74, 6) is -0.323. The number of amides is 1. The van der Waals surface area contributed by atoms with E-state index < -0.39 is 6.09 Å². The summed E-state index contributed by atoms with van der Waals surface area (Å²) in [6.45, 7) is 2.40. The third-order valence-electron chi connectivity index (χ3n) is 5.44. The highest BCUT2D eigenvalue weighted by molar-refractivity contribution is 5.98. The number of fused-ring (bicyclic) bond motifs is 1. The third-order valence-corrected chi connectivity index (χ3v) is 5.44. The van der Waals surface area contributed by atoms with Crippen molar-refractivity contribution >= 4 is 28.5 Å². The van der Waals surface area contributed by atoms with Crippen LogP contribution in [0.3, 0.4) is 0 Å². The molecule has 1 aliphatic rings. The van der Waals surface area contributed by atoms with Crippen LogP contribution in [0.5, 0.6) is 0 Å². The molecule has 3 aromatic rings. The molecule has 7 nitrogen and oxygen atoms in total. The molecular formula is C22H23FN4O3. The minimum Gasteiger partial charge on any atom is -0.448 e. The van der Waals surface area contributed by atoms with E-state index in [2.05, 4.69) is 20.4 Å². The summed E-state index contributed by atoms with van der Waals surface area (Å²) in [4.78, 5) is 26.8. The zero-order chi connectivity index (χ0) is 20.9. The SMILES string of the molecule is O=C(Nc1cccc2cn[nH]c12)OCCN1CCC(C(=O)c2ccc(F)cc2)CC1.